The number of aliphatic carboxylic acids is 2. The summed E-state index contributed by atoms with van der Waals surface area (Å²) in [6.45, 7) is 1.82. The Kier molecular flexibility index (Phi) is 9.74. The standard InChI is InChI=1S/C23H27N9O7S3/c1-2-3-4-31-13(25)5-12(24)28-23(31)42-8-10-7-40-20-16(19(36)32(20)17(10)21(37)38)29-18(35)15(30-39-6-14(33)34)11-9-41-22(26)27-11/h5,9,16,20H,2-4,6-8H2,1H3,(H8,24,25,26,27,29,33,34,35,37,38)/b30-15-. The van der Waals surface area contributed by atoms with Crippen molar-refractivity contribution < 1.29 is 38.8 Å². The van der Waals surface area contributed by atoms with Crippen LogP contribution in [0.4, 0.5) is 16.8 Å². The van der Waals surface area contributed by atoms with E-state index >= 15 is 0 Å². The number of oxime groups is 1. The second kappa shape index (κ2) is 13.3. The maximum absolute atomic E-state index is 13.1. The van der Waals surface area contributed by atoms with Crippen LogP contribution in [0.15, 0.2) is 33.0 Å². The normalized spacial score (nSPS) is 18.4. The van der Waals surface area contributed by atoms with Gasteiger partial charge in [-0.1, -0.05) is 23.5 Å². The maximum Gasteiger partial charge on any atom is 0.344 e. The Labute approximate surface area is 251 Å². The number of rotatable bonds is 13. The predicted octanol–water partition coefficient (Wildman–Crippen LogP) is -1.63. The molecular formula is C23H27N9O7S3. The van der Waals surface area contributed by atoms with Gasteiger partial charge in [-0.25, -0.2) is 14.3 Å². The minimum absolute atomic E-state index is 0.0157. The fourth-order valence-corrected chi connectivity index (χ4v) is 7.18. The lowest BCUT2D eigenvalue weighted by Crippen LogP contribution is -2.71. The number of carboxylic acid groups (broad SMARTS) is 2. The third kappa shape index (κ3) is 6.68. The van der Waals surface area contributed by atoms with E-state index in [4.69, 9.17) is 27.1 Å². The van der Waals surface area contributed by atoms with Gasteiger partial charge in [-0.2, -0.15) is 0 Å². The van der Waals surface area contributed by atoms with Gasteiger partial charge < -0.3 is 42.4 Å². The molecule has 2 amide bonds. The predicted molar refractivity (Wildman–Crippen MR) is 153 cm³/mol. The molecule has 42 heavy (non-hydrogen) atoms. The van der Waals surface area contributed by atoms with Crippen molar-refractivity contribution in [2.45, 2.75) is 42.9 Å². The molecule has 2 aromatic rings. The fraction of sp³-hybridized carbons (Fsp3) is 0.391. The number of aromatic nitrogens is 3. The first-order chi connectivity index (χ1) is 20.0. The lowest BCUT2D eigenvalue weighted by atomic mass is 10.0. The summed E-state index contributed by atoms with van der Waals surface area (Å²) in [5.41, 5.74) is 17.5. The zero-order valence-corrected chi connectivity index (χ0v) is 24.6. The van der Waals surface area contributed by atoms with Gasteiger partial charge in [-0.15, -0.1) is 23.1 Å². The summed E-state index contributed by atoms with van der Waals surface area (Å²) in [5, 5.41) is 28.4. The van der Waals surface area contributed by atoms with Crippen molar-refractivity contribution in [2.75, 3.05) is 35.3 Å². The van der Waals surface area contributed by atoms with Crippen LogP contribution in [0.5, 0.6) is 0 Å². The van der Waals surface area contributed by atoms with Crippen LogP contribution in [0, 0.1) is 0 Å². The number of anilines is 3. The number of carbonyl (C=O) groups is 4. The summed E-state index contributed by atoms with van der Waals surface area (Å²) < 4.78 is 1.80. The lowest BCUT2D eigenvalue weighted by Gasteiger charge is -2.50. The van der Waals surface area contributed by atoms with Gasteiger partial charge in [-0.05, 0) is 23.8 Å². The molecule has 0 aliphatic carbocycles. The van der Waals surface area contributed by atoms with Crippen molar-refractivity contribution in [1.29, 1.82) is 0 Å². The van der Waals surface area contributed by atoms with Crippen LogP contribution in [0.1, 0.15) is 25.5 Å². The molecule has 8 N–H and O–H groups in total. The van der Waals surface area contributed by atoms with Crippen molar-refractivity contribution >= 4 is 81.1 Å². The number of nitrogens with one attached hydrogen (secondary N) is 1. The molecule has 2 aliphatic rings. The first-order valence-electron chi connectivity index (χ1n) is 12.4. The molecular weight excluding hydrogens is 611 g/mol. The lowest BCUT2D eigenvalue weighted by molar-refractivity contribution is -0.723. The van der Waals surface area contributed by atoms with Crippen LogP contribution in [0.3, 0.4) is 0 Å². The number of fused-ring (bicyclic) bond motifs is 1. The number of hydrogen-bond acceptors (Lipinski definition) is 15. The molecule has 4 heterocycles. The van der Waals surface area contributed by atoms with E-state index in [0.717, 1.165) is 29.1 Å². The van der Waals surface area contributed by atoms with Gasteiger partial charge >= 0.3 is 11.1 Å². The van der Waals surface area contributed by atoms with Gasteiger partial charge in [0, 0.05) is 16.9 Å². The first kappa shape index (κ1) is 30.8. The monoisotopic (exact) mass is 637 g/mol. The van der Waals surface area contributed by atoms with Crippen molar-refractivity contribution in [3.8, 4) is 0 Å². The quantitative estimate of drug-likeness (QED) is 0.0413. The molecule has 0 saturated carbocycles. The van der Waals surface area contributed by atoms with Gasteiger partial charge in [0.15, 0.2) is 10.8 Å². The first-order valence-corrected chi connectivity index (χ1v) is 15.3. The maximum atomic E-state index is 13.1. The molecule has 0 radical (unpaired) electrons. The van der Waals surface area contributed by atoms with Gasteiger partial charge in [0.2, 0.25) is 18.2 Å². The Morgan fingerprint density at radius 3 is 2.74 bits per heavy atom. The molecule has 2 atom stereocenters. The van der Waals surface area contributed by atoms with Gasteiger partial charge in [0.05, 0.1) is 24.3 Å². The van der Waals surface area contributed by atoms with E-state index in [-0.39, 0.29) is 33.8 Å². The molecule has 224 valence electrons. The van der Waals surface area contributed by atoms with Crippen LogP contribution >= 0.6 is 34.9 Å². The number of amides is 2. The van der Waals surface area contributed by atoms with Crippen molar-refractivity contribution in [2.24, 2.45) is 5.16 Å². The molecule has 2 aromatic heterocycles. The third-order valence-electron chi connectivity index (χ3n) is 6.02. The summed E-state index contributed by atoms with van der Waals surface area (Å²) in [4.78, 5) is 63.3. The van der Waals surface area contributed by atoms with E-state index in [1.165, 1.54) is 28.9 Å². The second-order valence-electron chi connectivity index (χ2n) is 8.96. The van der Waals surface area contributed by atoms with Gasteiger partial charge in [-0.3, -0.25) is 14.5 Å². The molecule has 16 nitrogen and oxygen atoms in total. The Morgan fingerprint density at radius 2 is 2.10 bits per heavy atom. The molecule has 19 heteroatoms. The Morgan fingerprint density at radius 1 is 1.33 bits per heavy atom. The zero-order valence-electron chi connectivity index (χ0n) is 22.1. The summed E-state index contributed by atoms with van der Waals surface area (Å²) in [5.74, 6) is -3.34. The van der Waals surface area contributed by atoms with Gasteiger partial charge in [0.25, 0.3) is 11.8 Å². The molecule has 0 bridgehead atoms. The average molecular weight is 638 g/mol. The zero-order chi connectivity index (χ0) is 30.6. The van der Waals surface area contributed by atoms with E-state index < -0.39 is 47.5 Å². The highest BCUT2D eigenvalue weighted by Gasteiger charge is 2.53. The summed E-state index contributed by atoms with van der Waals surface area (Å²) in [7, 11) is 0. The van der Waals surface area contributed by atoms with E-state index in [1.54, 1.807) is 10.6 Å². The van der Waals surface area contributed by atoms with Crippen LogP contribution < -0.4 is 32.2 Å². The highest BCUT2D eigenvalue weighted by atomic mass is 32.2. The summed E-state index contributed by atoms with van der Waals surface area (Å²) in [6.07, 6.45) is 1.77. The number of carbonyl (C=O) groups excluding carboxylic acids is 3. The van der Waals surface area contributed by atoms with E-state index in [9.17, 15) is 24.3 Å². The Balaban J connectivity index is 1.51. The minimum Gasteiger partial charge on any atom is -0.543 e. The number of nitrogen functional groups attached to an aromatic ring is 3. The fourth-order valence-electron chi connectivity index (χ4n) is 4.09. The number of hydrogen-bond donors (Lipinski definition) is 5. The molecule has 1 fully saturated rings. The molecule has 2 unspecified atom stereocenters. The average Bonchev–Trinajstić information content (AvgIpc) is 3.36. The smallest absolute Gasteiger partial charge is 0.344 e. The van der Waals surface area contributed by atoms with Crippen molar-refractivity contribution in [1.82, 2.24) is 20.2 Å². The second-order valence-corrected chi connectivity index (χ2v) is 11.9. The SMILES string of the molecule is CCCC[n+]1c(N)cc(N)nc1SCC1=C(C(=O)[O-])N2C(=O)C(NC(=O)/C(=N\OCC(=O)O)c3csc(N)n3)C2SC1. The number of carboxylic acids is 2. The highest BCUT2D eigenvalue weighted by Crippen LogP contribution is 2.41. The van der Waals surface area contributed by atoms with E-state index in [1.807, 2.05) is 6.92 Å². The number of β-lactam (4-membered cyclic amide) rings is 1. The van der Waals surface area contributed by atoms with E-state index in [0.29, 0.717) is 23.1 Å². The number of nitrogens with two attached hydrogens (primary N) is 3. The number of thiazole rings is 1. The molecule has 1 saturated heterocycles. The van der Waals surface area contributed by atoms with Crippen LogP contribution in [0.25, 0.3) is 0 Å². The minimum atomic E-state index is -1.53. The Hall–Kier alpha value is -4.10. The summed E-state index contributed by atoms with van der Waals surface area (Å²) in [6, 6.07) is 0.454. The molecule has 0 aromatic carbocycles. The van der Waals surface area contributed by atoms with E-state index in [2.05, 4.69) is 20.4 Å². The third-order valence-corrected chi connectivity index (χ3v) is 9.10. The Bertz CT molecular complexity index is 1480. The van der Waals surface area contributed by atoms with Crippen LogP contribution in [0.2, 0.25) is 0 Å². The van der Waals surface area contributed by atoms with Crippen LogP contribution in [-0.2, 0) is 30.6 Å². The number of thioether (sulfide) groups is 2. The molecule has 2 aliphatic heterocycles. The van der Waals surface area contributed by atoms with Crippen LogP contribution in [-0.4, -0.2) is 79.0 Å². The number of unbranched alkanes of at least 4 members (excludes halogenated alkanes) is 1. The summed E-state index contributed by atoms with van der Waals surface area (Å²) >= 11 is 3.51. The topological polar surface area (TPSA) is 256 Å². The molecule has 0 spiro atoms. The van der Waals surface area contributed by atoms with Crippen molar-refractivity contribution in [3.63, 3.8) is 0 Å². The number of nitrogens with zero attached hydrogens (tertiary/aromatic N) is 5. The van der Waals surface area contributed by atoms with Gasteiger partial charge in [0.1, 0.15) is 17.1 Å². The largest absolute Gasteiger partial charge is 0.543 e. The van der Waals surface area contributed by atoms with Crippen molar-refractivity contribution in [3.05, 3.63) is 28.4 Å². The molecule has 4 rings (SSSR count). The highest BCUT2D eigenvalue weighted by molar-refractivity contribution is 8.01.